The fourth-order valence-electron chi connectivity index (χ4n) is 3.00. The Morgan fingerprint density at radius 2 is 2.29 bits per heavy atom. The molecule has 1 aliphatic carbocycles. The molecule has 0 aromatic carbocycles. The van der Waals surface area contributed by atoms with Gasteiger partial charge < -0.3 is 10.1 Å². The number of rotatable bonds is 1. The first-order valence-corrected chi connectivity index (χ1v) is 5.61. The minimum absolute atomic E-state index is 0.177. The lowest BCUT2D eigenvalue weighted by atomic mass is 9.70. The van der Waals surface area contributed by atoms with Gasteiger partial charge in [0.05, 0.1) is 6.54 Å². The first-order chi connectivity index (χ1) is 6.64. The Morgan fingerprint density at radius 1 is 1.50 bits per heavy atom. The van der Waals surface area contributed by atoms with Crippen LogP contribution in [0.5, 0.6) is 0 Å². The molecule has 3 heteroatoms. The zero-order valence-corrected chi connectivity index (χ0v) is 9.01. The third-order valence-electron chi connectivity index (χ3n) is 3.67. The van der Waals surface area contributed by atoms with Crippen LogP contribution in [0.3, 0.4) is 0 Å². The van der Waals surface area contributed by atoms with Crippen LogP contribution in [0.25, 0.3) is 0 Å². The van der Waals surface area contributed by atoms with Crippen molar-refractivity contribution in [2.24, 2.45) is 11.8 Å². The lowest BCUT2D eigenvalue weighted by Gasteiger charge is -2.41. The van der Waals surface area contributed by atoms with E-state index in [2.05, 4.69) is 19.2 Å². The zero-order valence-electron chi connectivity index (χ0n) is 9.01. The second kappa shape index (κ2) is 3.44. The van der Waals surface area contributed by atoms with Gasteiger partial charge in [0.1, 0.15) is 5.60 Å². The summed E-state index contributed by atoms with van der Waals surface area (Å²) in [7, 11) is 0. The molecule has 1 heterocycles. The molecule has 0 aromatic heterocycles. The lowest BCUT2D eigenvalue weighted by molar-refractivity contribution is -0.0401. The van der Waals surface area contributed by atoms with Crippen molar-refractivity contribution < 1.29 is 9.53 Å². The molecular weight excluding hydrogens is 178 g/mol. The smallest absolute Gasteiger partial charge is 0.407 e. The van der Waals surface area contributed by atoms with Gasteiger partial charge in [0, 0.05) is 5.92 Å². The van der Waals surface area contributed by atoms with Crippen molar-refractivity contribution >= 4 is 6.09 Å². The number of alkyl carbamates (subject to hydrolysis) is 1. The van der Waals surface area contributed by atoms with Gasteiger partial charge in [-0.1, -0.05) is 20.3 Å². The minimum atomic E-state index is -0.224. The second-order valence-electron chi connectivity index (χ2n) is 4.90. The van der Waals surface area contributed by atoms with E-state index in [-0.39, 0.29) is 11.7 Å². The maximum absolute atomic E-state index is 11.2. The van der Waals surface area contributed by atoms with Crippen LogP contribution in [0.4, 0.5) is 4.79 Å². The number of hydrogen-bond acceptors (Lipinski definition) is 2. The van der Waals surface area contributed by atoms with Crippen molar-refractivity contribution in [2.75, 3.05) is 6.54 Å². The summed E-state index contributed by atoms with van der Waals surface area (Å²) >= 11 is 0. The number of hydrogen-bond donors (Lipinski definition) is 1. The van der Waals surface area contributed by atoms with Gasteiger partial charge in [-0.25, -0.2) is 4.79 Å². The van der Waals surface area contributed by atoms with Crippen LogP contribution < -0.4 is 5.32 Å². The van der Waals surface area contributed by atoms with E-state index in [1.807, 2.05) is 0 Å². The van der Waals surface area contributed by atoms with Crippen LogP contribution in [0.1, 0.15) is 39.5 Å². The highest BCUT2D eigenvalue weighted by Crippen LogP contribution is 2.42. The first kappa shape index (κ1) is 9.81. The molecule has 1 amide bonds. The Balaban J connectivity index is 2.17. The Bertz CT molecular complexity index is 239. The largest absolute Gasteiger partial charge is 0.441 e. The number of ether oxygens (including phenoxy) is 1. The van der Waals surface area contributed by atoms with Crippen LogP contribution in [-0.2, 0) is 4.74 Å². The number of nitrogens with one attached hydrogen (secondary N) is 1. The van der Waals surface area contributed by atoms with Crippen LogP contribution in [0.2, 0.25) is 0 Å². The molecule has 80 valence electrons. The van der Waals surface area contributed by atoms with Crippen molar-refractivity contribution in [2.45, 2.75) is 45.1 Å². The molecule has 2 unspecified atom stereocenters. The van der Waals surface area contributed by atoms with Gasteiger partial charge in [-0.2, -0.15) is 0 Å². The Morgan fingerprint density at radius 3 is 2.86 bits per heavy atom. The van der Waals surface area contributed by atoms with Gasteiger partial charge >= 0.3 is 6.09 Å². The topological polar surface area (TPSA) is 38.3 Å². The summed E-state index contributed by atoms with van der Waals surface area (Å²) in [4.78, 5) is 11.2. The molecule has 0 radical (unpaired) electrons. The van der Waals surface area contributed by atoms with E-state index in [9.17, 15) is 4.79 Å². The summed E-state index contributed by atoms with van der Waals surface area (Å²) < 4.78 is 5.51. The van der Waals surface area contributed by atoms with Crippen molar-refractivity contribution in [3.63, 3.8) is 0 Å². The molecule has 3 nitrogen and oxygen atoms in total. The highest BCUT2D eigenvalue weighted by molar-refractivity contribution is 5.70. The van der Waals surface area contributed by atoms with Gasteiger partial charge in [-0.3, -0.25) is 0 Å². The molecule has 1 spiro atoms. The molecule has 2 fully saturated rings. The fourth-order valence-corrected chi connectivity index (χ4v) is 3.00. The van der Waals surface area contributed by atoms with Gasteiger partial charge in [-0.05, 0) is 25.2 Å². The normalized spacial score (nSPS) is 37.4. The maximum Gasteiger partial charge on any atom is 0.407 e. The van der Waals surface area contributed by atoms with Crippen LogP contribution in [0, 0.1) is 11.8 Å². The van der Waals surface area contributed by atoms with E-state index >= 15 is 0 Å². The highest BCUT2D eigenvalue weighted by Gasteiger charge is 2.48. The van der Waals surface area contributed by atoms with Gasteiger partial charge in [0.15, 0.2) is 0 Å². The summed E-state index contributed by atoms with van der Waals surface area (Å²) in [6.07, 6.45) is 4.49. The number of amides is 1. The molecule has 0 bridgehead atoms. The monoisotopic (exact) mass is 197 g/mol. The van der Waals surface area contributed by atoms with Crippen molar-refractivity contribution in [1.29, 1.82) is 0 Å². The Hall–Kier alpha value is -0.730. The number of carbonyl (C=O) groups excluding carboxylic acids is 1. The van der Waals surface area contributed by atoms with Gasteiger partial charge in [0.25, 0.3) is 0 Å². The molecule has 2 atom stereocenters. The van der Waals surface area contributed by atoms with E-state index in [0.29, 0.717) is 18.4 Å². The van der Waals surface area contributed by atoms with E-state index in [0.717, 1.165) is 6.42 Å². The molecule has 1 saturated carbocycles. The number of carbonyl (C=O) groups is 1. The third-order valence-corrected chi connectivity index (χ3v) is 3.67. The van der Waals surface area contributed by atoms with Crippen molar-refractivity contribution in [1.82, 2.24) is 5.32 Å². The van der Waals surface area contributed by atoms with E-state index in [1.165, 1.54) is 19.3 Å². The minimum Gasteiger partial charge on any atom is -0.441 e. The molecule has 1 saturated heterocycles. The summed E-state index contributed by atoms with van der Waals surface area (Å²) in [6.45, 7) is 5.17. The van der Waals surface area contributed by atoms with Gasteiger partial charge in [0.2, 0.25) is 0 Å². The van der Waals surface area contributed by atoms with Crippen LogP contribution >= 0.6 is 0 Å². The van der Waals surface area contributed by atoms with Crippen molar-refractivity contribution in [3.05, 3.63) is 0 Å². The zero-order chi connectivity index (χ0) is 10.2. The van der Waals surface area contributed by atoms with E-state index in [4.69, 9.17) is 4.74 Å². The lowest BCUT2D eigenvalue weighted by Crippen LogP contribution is -2.46. The Labute approximate surface area is 85.2 Å². The molecule has 14 heavy (non-hydrogen) atoms. The SMILES string of the molecule is CC(C)C1CCCCC12CNC(=O)O2. The molecule has 1 N–H and O–H groups in total. The van der Waals surface area contributed by atoms with Crippen LogP contribution in [0.15, 0.2) is 0 Å². The summed E-state index contributed by atoms with van der Waals surface area (Å²) in [5, 5.41) is 2.80. The highest BCUT2D eigenvalue weighted by atomic mass is 16.6. The molecule has 2 rings (SSSR count). The predicted molar refractivity (Wildman–Crippen MR) is 54.0 cm³/mol. The van der Waals surface area contributed by atoms with Crippen LogP contribution in [-0.4, -0.2) is 18.2 Å². The average Bonchev–Trinajstić information content (AvgIpc) is 2.48. The molecular formula is C11H19NO2. The molecule has 0 aromatic rings. The fraction of sp³-hybridized carbons (Fsp3) is 0.909. The quantitative estimate of drug-likeness (QED) is 0.700. The average molecular weight is 197 g/mol. The molecule has 2 aliphatic rings. The van der Waals surface area contributed by atoms with Crippen molar-refractivity contribution in [3.8, 4) is 0 Å². The molecule has 1 aliphatic heterocycles. The van der Waals surface area contributed by atoms with E-state index in [1.54, 1.807) is 0 Å². The van der Waals surface area contributed by atoms with E-state index < -0.39 is 0 Å². The standard InChI is InChI=1S/C11H19NO2/c1-8(2)9-5-3-4-6-11(9)7-12-10(13)14-11/h8-9H,3-7H2,1-2H3,(H,12,13). The maximum atomic E-state index is 11.2. The summed E-state index contributed by atoms with van der Waals surface area (Å²) in [6, 6.07) is 0. The first-order valence-electron chi connectivity index (χ1n) is 5.61. The Kier molecular flexibility index (Phi) is 2.41. The second-order valence-corrected chi connectivity index (χ2v) is 4.90. The van der Waals surface area contributed by atoms with Gasteiger partial charge in [-0.15, -0.1) is 0 Å². The third kappa shape index (κ3) is 1.49. The predicted octanol–water partition coefficient (Wildman–Crippen LogP) is 2.31. The summed E-state index contributed by atoms with van der Waals surface area (Å²) in [5.41, 5.74) is -0.177. The summed E-state index contributed by atoms with van der Waals surface area (Å²) in [5.74, 6) is 1.14.